The van der Waals surface area contributed by atoms with E-state index in [1.807, 2.05) is 0 Å². The average molecular weight is 327 g/mol. The number of aliphatic carboxylic acids is 1. The van der Waals surface area contributed by atoms with Gasteiger partial charge in [0.05, 0.1) is 17.3 Å². The first-order valence-electron chi connectivity index (χ1n) is 6.78. The molecule has 0 spiro atoms. The maximum absolute atomic E-state index is 13.2. The number of halogens is 3. The summed E-state index contributed by atoms with van der Waals surface area (Å²) in [5, 5.41) is 13.0. The normalized spacial score (nSPS) is 21.8. The molecule has 6 nitrogen and oxygen atoms in total. The van der Waals surface area contributed by atoms with E-state index < -0.39 is 36.4 Å². The third-order valence-electron chi connectivity index (χ3n) is 4.17. The number of rotatable bonds is 2. The molecule has 1 fully saturated rings. The van der Waals surface area contributed by atoms with Crippen molar-refractivity contribution < 1.29 is 27.9 Å². The van der Waals surface area contributed by atoms with E-state index in [9.17, 15) is 22.8 Å². The first-order valence-corrected chi connectivity index (χ1v) is 6.78. The van der Waals surface area contributed by atoms with Crippen molar-refractivity contribution >= 4 is 17.4 Å². The Morgan fingerprint density at radius 3 is 2.65 bits per heavy atom. The summed E-state index contributed by atoms with van der Waals surface area (Å²) in [6.45, 7) is -1.16. The standard InChI is InChI=1S/C14H12F3N3O3/c15-14(16,17)13(12(22)23)4-6-19(8-13)11(21)9-7-18-20-5-2-1-3-10(9)20/h1-3,5,7H,4,6,8H2,(H,22,23)/t13-/m1/s1. The van der Waals surface area contributed by atoms with Crippen LogP contribution in [0.25, 0.3) is 5.52 Å². The van der Waals surface area contributed by atoms with Crippen molar-refractivity contribution in [2.24, 2.45) is 5.41 Å². The number of amides is 1. The number of aromatic nitrogens is 2. The number of hydrogen-bond acceptors (Lipinski definition) is 3. The van der Waals surface area contributed by atoms with Gasteiger partial charge in [-0.15, -0.1) is 0 Å². The SMILES string of the molecule is O=C(c1cnn2ccccc12)N1CC[C@@](C(=O)O)(C(F)(F)F)C1. The lowest BCUT2D eigenvalue weighted by atomic mass is 9.86. The number of nitrogens with zero attached hydrogens (tertiary/aromatic N) is 3. The van der Waals surface area contributed by atoms with E-state index >= 15 is 0 Å². The summed E-state index contributed by atoms with van der Waals surface area (Å²) in [5.41, 5.74) is -2.31. The van der Waals surface area contributed by atoms with Gasteiger partial charge in [0, 0.05) is 19.3 Å². The minimum Gasteiger partial charge on any atom is -0.481 e. The van der Waals surface area contributed by atoms with Crippen molar-refractivity contribution in [3.8, 4) is 0 Å². The van der Waals surface area contributed by atoms with Crippen LogP contribution in [0.5, 0.6) is 0 Å². The summed E-state index contributed by atoms with van der Waals surface area (Å²) in [6, 6.07) is 4.99. The highest BCUT2D eigenvalue weighted by Crippen LogP contribution is 2.46. The van der Waals surface area contributed by atoms with Crippen LogP contribution in [0.4, 0.5) is 13.2 Å². The zero-order valence-corrected chi connectivity index (χ0v) is 11.7. The van der Waals surface area contributed by atoms with Crippen molar-refractivity contribution in [2.45, 2.75) is 12.6 Å². The summed E-state index contributed by atoms with van der Waals surface area (Å²) >= 11 is 0. The van der Waals surface area contributed by atoms with Gasteiger partial charge < -0.3 is 10.0 Å². The molecule has 1 aliphatic heterocycles. The number of carboxylic acid groups (broad SMARTS) is 1. The molecule has 0 radical (unpaired) electrons. The second-order valence-electron chi connectivity index (χ2n) is 5.45. The molecule has 3 heterocycles. The monoisotopic (exact) mass is 327 g/mol. The number of carboxylic acids is 1. The third-order valence-corrected chi connectivity index (χ3v) is 4.17. The van der Waals surface area contributed by atoms with Gasteiger partial charge in [-0.25, -0.2) is 4.52 Å². The molecule has 1 aliphatic rings. The molecule has 0 aliphatic carbocycles. The molecule has 2 aromatic rings. The number of carbonyl (C=O) groups is 2. The number of fused-ring (bicyclic) bond motifs is 1. The second kappa shape index (κ2) is 4.97. The molecule has 1 N–H and O–H groups in total. The van der Waals surface area contributed by atoms with Gasteiger partial charge in [0.15, 0.2) is 5.41 Å². The van der Waals surface area contributed by atoms with Crippen molar-refractivity contribution in [1.82, 2.24) is 14.5 Å². The van der Waals surface area contributed by atoms with Gasteiger partial charge in [-0.1, -0.05) is 6.07 Å². The zero-order valence-electron chi connectivity index (χ0n) is 11.7. The molecule has 0 aromatic carbocycles. The Labute approximate surface area is 128 Å². The molecule has 0 saturated carbocycles. The van der Waals surface area contributed by atoms with Gasteiger partial charge in [-0.2, -0.15) is 18.3 Å². The minimum absolute atomic E-state index is 0.147. The first-order chi connectivity index (χ1) is 10.8. The molecule has 0 bridgehead atoms. The summed E-state index contributed by atoms with van der Waals surface area (Å²) in [7, 11) is 0. The van der Waals surface area contributed by atoms with Crippen LogP contribution in [-0.2, 0) is 4.79 Å². The van der Waals surface area contributed by atoms with Crippen LogP contribution in [0, 0.1) is 5.41 Å². The Bertz CT molecular complexity index is 786. The summed E-state index contributed by atoms with van der Waals surface area (Å²) < 4.78 is 40.9. The molecule has 1 amide bonds. The highest BCUT2D eigenvalue weighted by molar-refractivity contribution is 6.01. The molecule has 23 heavy (non-hydrogen) atoms. The third kappa shape index (κ3) is 2.23. The van der Waals surface area contributed by atoms with E-state index in [0.717, 1.165) is 4.90 Å². The lowest BCUT2D eigenvalue weighted by molar-refractivity contribution is -0.227. The van der Waals surface area contributed by atoms with E-state index in [4.69, 9.17) is 5.11 Å². The fourth-order valence-corrected chi connectivity index (χ4v) is 2.78. The number of likely N-dealkylation sites (tertiary alicyclic amines) is 1. The van der Waals surface area contributed by atoms with Crippen LogP contribution in [0.15, 0.2) is 30.6 Å². The van der Waals surface area contributed by atoms with E-state index in [-0.39, 0.29) is 12.1 Å². The Hall–Kier alpha value is -2.58. The smallest absolute Gasteiger partial charge is 0.406 e. The molecular weight excluding hydrogens is 315 g/mol. The molecule has 1 atom stereocenters. The summed E-state index contributed by atoms with van der Waals surface area (Å²) in [4.78, 5) is 24.6. The molecule has 0 unspecified atom stereocenters. The average Bonchev–Trinajstić information content (AvgIpc) is 3.11. The Balaban J connectivity index is 1.92. The predicted octanol–water partition coefficient (Wildman–Crippen LogP) is 1.81. The van der Waals surface area contributed by atoms with Crippen LogP contribution in [0.1, 0.15) is 16.8 Å². The fourth-order valence-electron chi connectivity index (χ4n) is 2.78. The van der Waals surface area contributed by atoms with Gasteiger partial charge in [0.2, 0.25) is 0 Å². The molecule has 9 heteroatoms. The van der Waals surface area contributed by atoms with E-state index in [1.165, 1.54) is 10.7 Å². The van der Waals surface area contributed by atoms with E-state index in [1.54, 1.807) is 24.4 Å². The predicted molar refractivity (Wildman–Crippen MR) is 71.8 cm³/mol. The van der Waals surface area contributed by atoms with Gasteiger partial charge in [0.25, 0.3) is 5.91 Å². The number of carbonyl (C=O) groups excluding carboxylic acids is 1. The van der Waals surface area contributed by atoms with Gasteiger partial charge >= 0.3 is 12.1 Å². The minimum atomic E-state index is -4.92. The van der Waals surface area contributed by atoms with Crippen LogP contribution >= 0.6 is 0 Å². The first kappa shape index (κ1) is 15.3. The Morgan fingerprint density at radius 1 is 1.30 bits per heavy atom. The van der Waals surface area contributed by atoms with Gasteiger partial charge in [0.1, 0.15) is 0 Å². The van der Waals surface area contributed by atoms with Crippen molar-refractivity contribution in [3.05, 3.63) is 36.2 Å². The number of pyridine rings is 1. The Morgan fingerprint density at radius 2 is 2.04 bits per heavy atom. The second-order valence-corrected chi connectivity index (χ2v) is 5.45. The van der Waals surface area contributed by atoms with Crippen molar-refractivity contribution in [3.63, 3.8) is 0 Å². The van der Waals surface area contributed by atoms with Crippen molar-refractivity contribution in [1.29, 1.82) is 0 Å². The highest BCUT2D eigenvalue weighted by Gasteiger charge is 2.64. The fraction of sp³-hybridized carbons (Fsp3) is 0.357. The maximum atomic E-state index is 13.2. The highest BCUT2D eigenvalue weighted by atomic mass is 19.4. The van der Waals surface area contributed by atoms with E-state index in [2.05, 4.69) is 5.10 Å². The summed E-state index contributed by atoms with van der Waals surface area (Å²) in [6.07, 6.45) is -2.70. The molecular formula is C14H12F3N3O3. The van der Waals surface area contributed by atoms with E-state index in [0.29, 0.717) is 5.52 Å². The number of alkyl halides is 3. The lowest BCUT2D eigenvalue weighted by Gasteiger charge is -2.27. The lowest BCUT2D eigenvalue weighted by Crippen LogP contribution is -2.47. The van der Waals surface area contributed by atoms with Crippen LogP contribution in [0.2, 0.25) is 0 Å². The van der Waals surface area contributed by atoms with Crippen LogP contribution in [-0.4, -0.2) is 50.8 Å². The zero-order chi connectivity index (χ0) is 16.8. The summed E-state index contributed by atoms with van der Waals surface area (Å²) in [5.74, 6) is -2.61. The van der Waals surface area contributed by atoms with Crippen molar-refractivity contribution in [2.75, 3.05) is 13.1 Å². The molecule has 1 saturated heterocycles. The maximum Gasteiger partial charge on any atom is 0.406 e. The van der Waals surface area contributed by atoms with Crippen LogP contribution < -0.4 is 0 Å². The molecule has 3 rings (SSSR count). The molecule has 2 aromatic heterocycles. The molecule has 122 valence electrons. The largest absolute Gasteiger partial charge is 0.481 e. The number of hydrogen-bond donors (Lipinski definition) is 1. The van der Waals surface area contributed by atoms with Gasteiger partial charge in [-0.3, -0.25) is 9.59 Å². The Kier molecular flexibility index (Phi) is 3.31. The topological polar surface area (TPSA) is 74.9 Å². The van der Waals surface area contributed by atoms with Crippen LogP contribution in [0.3, 0.4) is 0 Å². The quantitative estimate of drug-likeness (QED) is 0.913. The van der Waals surface area contributed by atoms with Gasteiger partial charge in [-0.05, 0) is 18.6 Å².